The van der Waals surface area contributed by atoms with E-state index in [9.17, 15) is 4.79 Å². The summed E-state index contributed by atoms with van der Waals surface area (Å²) in [6, 6.07) is 0. The van der Waals surface area contributed by atoms with Crippen molar-refractivity contribution in [2.75, 3.05) is 20.1 Å². The van der Waals surface area contributed by atoms with E-state index in [1.165, 1.54) is 0 Å². The summed E-state index contributed by atoms with van der Waals surface area (Å²) in [5.74, 6) is 0.974. The molecule has 6 nitrogen and oxygen atoms in total. The van der Waals surface area contributed by atoms with Crippen LogP contribution < -0.4 is 5.32 Å². The molecular formula is C8H13N5O. The number of hydrogen-bond acceptors (Lipinski definition) is 4. The number of rotatable bonds is 2. The highest BCUT2D eigenvalue weighted by Gasteiger charge is 2.20. The van der Waals surface area contributed by atoms with Gasteiger partial charge in [0.05, 0.1) is 13.1 Å². The van der Waals surface area contributed by atoms with Crippen molar-refractivity contribution in [3.05, 3.63) is 12.2 Å². The van der Waals surface area contributed by atoms with Gasteiger partial charge in [-0.15, -0.1) is 10.2 Å². The average molecular weight is 195 g/mol. The lowest BCUT2D eigenvalue weighted by Gasteiger charge is -2.26. The van der Waals surface area contributed by atoms with Crippen molar-refractivity contribution >= 4 is 5.91 Å². The van der Waals surface area contributed by atoms with Crippen LogP contribution in [0, 0.1) is 0 Å². The largest absolute Gasteiger partial charge is 0.332 e. The Bertz CT molecular complexity index is 334. The van der Waals surface area contributed by atoms with Crippen LogP contribution in [0.1, 0.15) is 5.82 Å². The molecule has 1 aliphatic heterocycles. The van der Waals surface area contributed by atoms with Crippen LogP contribution in [0.5, 0.6) is 0 Å². The van der Waals surface area contributed by atoms with Gasteiger partial charge in [-0.05, 0) is 7.05 Å². The van der Waals surface area contributed by atoms with Crippen LogP contribution in [0.4, 0.5) is 0 Å². The average Bonchev–Trinajstić information content (AvgIpc) is 2.64. The third-order valence-corrected chi connectivity index (χ3v) is 2.32. The van der Waals surface area contributed by atoms with E-state index in [1.807, 2.05) is 4.57 Å². The van der Waals surface area contributed by atoms with Gasteiger partial charge in [0.15, 0.2) is 5.82 Å². The van der Waals surface area contributed by atoms with Crippen LogP contribution in [-0.2, 0) is 17.9 Å². The van der Waals surface area contributed by atoms with Gasteiger partial charge in [0.2, 0.25) is 5.91 Å². The van der Waals surface area contributed by atoms with E-state index in [-0.39, 0.29) is 5.91 Å². The quantitative estimate of drug-likeness (QED) is 0.646. The zero-order valence-corrected chi connectivity index (χ0v) is 8.10. The molecule has 1 aromatic heterocycles. The molecule has 0 aromatic carbocycles. The number of likely N-dealkylation sites (N-methyl/N-ethyl adjacent to an activating group) is 1. The van der Waals surface area contributed by atoms with E-state index in [0.717, 1.165) is 18.9 Å². The summed E-state index contributed by atoms with van der Waals surface area (Å²) < 4.78 is 1.98. The topological polar surface area (TPSA) is 63.1 Å². The van der Waals surface area contributed by atoms with Gasteiger partial charge in [0.25, 0.3) is 0 Å². The van der Waals surface area contributed by atoms with Crippen molar-refractivity contribution in [3.8, 4) is 0 Å². The number of amides is 1. The summed E-state index contributed by atoms with van der Waals surface area (Å²) in [7, 11) is 1.77. The highest BCUT2D eigenvalue weighted by atomic mass is 16.2. The Kier molecular flexibility index (Phi) is 2.45. The SMILES string of the molecule is CNCC(=O)N1CCn2cnnc2C1. The lowest BCUT2D eigenvalue weighted by molar-refractivity contribution is -0.131. The Morgan fingerprint density at radius 1 is 1.64 bits per heavy atom. The molecule has 0 saturated carbocycles. The molecule has 0 bridgehead atoms. The van der Waals surface area contributed by atoms with Gasteiger partial charge in [0.1, 0.15) is 6.33 Å². The first kappa shape index (κ1) is 9.14. The molecule has 6 heteroatoms. The molecule has 1 amide bonds. The van der Waals surface area contributed by atoms with Crippen molar-refractivity contribution in [2.24, 2.45) is 0 Å². The lowest BCUT2D eigenvalue weighted by Crippen LogP contribution is -2.42. The number of carbonyl (C=O) groups excluding carboxylic acids is 1. The molecule has 1 aromatic rings. The fraction of sp³-hybridized carbons (Fsp3) is 0.625. The number of nitrogens with zero attached hydrogens (tertiary/aromatic N) is 4. The van der Waals surface area contributed by atoms with Gasteiger partial charge in [-0.25, -0.2) is 0 Å². The molecule has 0 fully saturated rings. The van der Waals surface area contributed by atoms with Crippen LogP contribution >= 0.6 is 0 Å². The smallest absolute Gasteiger partial charge is 0.236 e. The second-order valence-electron chi connectivity index (χ2n) is 3.29. The van der Waals surface area contributed by atoms with E-state index in [4.69, 9.17) is 0 Å². The first-order valence-electron chi connectivity index (χ1n) is 4.60. The van der Waals surface area contributed by atoms with Crippen LogP contribution in [0.3, 0.4) is 0 Å². The second-order valence-corrected chi connectivity index (χ2v) is 3.29. The summed E-state index contributed by atoms with van der Waals surface area (Å²) in [5.41, 5.74) is 0. The Hall–Kier alpha value is -1.43. The van der Waals surface area contributed by atoms with E-state index in [2.05, 4.69) is 15.5 Å². The van der Waals surface area contributed by atoms with Gasteiger partial charge in [-0.1, -0.05) is 0 Å². The predicted molar refractivity (Wildman–Crippen MR) is 49.4 cm³/mol. The van der Waals surface area contributed by atoms with E-state index in [1.54, 1.807) is 18.3 Å². The molecule has 2 heterocycles. The molecule has 2 rings (SSSR count). The molecular weight excluding hydrogens is 182 g/mol. The molecule has 0 aliphatic carbocycles. The Morgan fingerprint density at radius 3 is 3.29 bits per heavy atom. The standard InChI is InChI=1S/C8H13N5O/c1-9-4-8(14)12-2-3-13-6-10-11-7(13)5-12/h6,9H,2-5H2,1H3. The normalized spacial score (nSPS) is 15.4. The third kappa shape index (κ3) is 1.60. The maximum Gasteiger partial charge on any atom is 0.236 e. The Balaban J connectivity index is 2.04. The number of fused-ring (bicyclic) bond motifs is 1. The van der Waals surface area contributed by atoms with Gasteiger partial charge in [-0.2, -0.15) is 0 Å². The van der Waals surface area contributed by atoms with Gasteiger partial charge in [0, 0.05) is 13.1 Å². The Morgan fingerprint density at radius 2 is 2.50 bits per heavy atom. The highest BCUT2D eigenvalue weighted by molar-refractivity contribution is 5.78. The van der Waals surface area contributed by atoms with Crippen LogP contribution in [0.15, 0.2) is 6.33 Å². The summed E-state index contributed by atoms with van der Waals surface area (Å²) in [5, 5.41) is 10.6. The van der Waals surface area contributed by atoms with Crippen molar-refractivity contribution in [1.29, 1.82) is 0 Å². The fourth-order valence-electron chi connectivity index (χ4n) is 1.54. The molecule has 1 aliphatic rings. The highest BCUT2D eigenvalue weighted by Crippen LogP contribution is 2.08. The zero-order chi connectivity index (χ0) is 9.97. The number of carbonyl (C=O) groups is 1. The number of hydrogen-bond donors (Lipinski definition) is 1. The monoisotopic (exact) mass is 195 g/mol. The van der Waals surface area contributed by atoms with E-state index >= 15 is 0 Å². The molecule has 1 N–H and O–H groups in total. The van der Waals surface area contributed by atoms with Crippen molar-refractivity contribution in [2.45, 2.75) is 13.1 Å². The van der Waals surface area contributed by atoms with Crippen LogP contribution in [0.25, 0.3) is 0 Å². The van der Waals surface area contributed by atoms with Gasteiger partial charge < -0.3 is 14.8 Å². The van der Waals surface area contributed by atoms with Crippen molar-refractivity contribution in [3.63, 3.8) is 0 Å². The molecule has 14 heavy (non-hydrogen) atoms. The first-order chi connectivity index (χ1) is 6.81. The summed E-state index contributed by atoms with van der Waals surface area (Å²) in [4.78, 5) is 13.3. The molecule has 0 radical (unpaired) electrons. The van der Waals surface area contributed by atoms with Gasteiger partial charge in [-0.3, -0.25) is 4.79 Å². The molecule has 76 valence electrons. The maximum absolute atomic E-state index is 11.5. The molecule has 0 atom stereocenters. The first-order valence-corrected chi connectivity index (χ1v) is 4.60. The summed E-state index contributed by atoms with van der Waals surface area (Å²) >= 11 is 0. The minimum absolute atomic E-state index is 0.113. The minimum atomic E-state index is 0.113. The van der Waals surface area contributed by atoms with E-state index < -0.39 is 0 Å². The third-order valence-electron chi connectivity index (χ3n) is 2.32. The zero-order valence-electron chi connectivity index (χ0n) is 8.10. The maximum atomic E-state index is 11.5. The molecule has 0 spiro atoms. The lowest BCUT2D eigenvalue weighted by atomic mass is 10.3. The molecule has 0 unspecified atom stereocenters. The molecule has 0 saturated heterocycles. The van der Waals surface area contributed by atoms with Gasteiger partial charge >= 0.3 is 0 Å². The fourth-order valence-corrected chi connectivity index (χ4v) is 1.54. The van der Waals surface area contributed by atoms with Crippen molar-refractivity contribution in [1.82, 2.24) is 25.0 Å². The number of nitrogens with one attached hydrogen (secondary N) is 1. The predicted octanol–water partition coefficient (Wildman–Crippen LogP) is -1.16. The second kappa shape index (κ2) is 3.75. The van der Waals surface area contributed by atoms with Crippen molar-refractivity contribution < 1.29 is 4.79 Å². The number of aromatic nitrogens is 3. The van der Waals surface area contributed by atoms with Crippen LogP contribution in [-0.4, -0.2) is 45.7 Å². The van der Waals surface area contributed by atoms with E-state index in [0.29, 0.717) is 13.1 Å². The van der Waals surface area contributed by atoms with Crippen LogP contribution in [0.2, 0.25) is 0 Å². The Labute approximate surface area is 81.9 Å². The summed E-state index contributed by atoms with van der Waals surface area (Å²) in [6.45, 7) is 2.48. The summed E-state index contributed by atoms with van der Waals surface area (Å²) in [6.07, 6.45) is 1.70. The minimum Gasteiger partial charge on any atom is -0.332 e.